The zero-order valence-electron chi connectivity index (χ0n) is 11.4. The summed E-state index contributed by atoms with van der Waals surface area (Å²) in [6.45, 7) is 6.80. The molecular weight excluding hydrogens is 238 g/mol. The van der Waals surface area contributed by atoms with Crippen LogP contribution in [0.15, 0.2) is 28.7 Å². The average Bonchev–Trinajstić information content (AvgIpc) is 2.88. The van der Waals surface area contributed by atoms with E-state index >= 15 is 0 Å². The maximum absolute atomic E-state index is 5.67. The van der Waals surface area contributed by atoms with Crippen LogP contribution < -0.4 is 5.32 Å². The van der Waals surface area contributed by atoms with Gasteiger partial charge in [0.05, 0.1) is 0 Å². The molecule has 0 spiro atoms. The molecule has 1 aromatic carbocycles. The largest absolute Gasteiger partial charge is 0.424 e. The highest BCUT2D eigenvalue weighted by molar-refractivity contribution is 5.74. The highest BCUT2D eigenvalue weighted by Crippen LogP contribution is 2.20. The molecule has 1 aliphatic rings. The molecule has 3 rings (SSSR count). The van der Waals surface area contributed by atoms with Gasteiger partial charge < -0.3 is 14.6 Å². The molecule has 0 atom stereocenters. The Hall–Kier alpha value is -1.55. The molecule has 1 aliphatic heterocycles. The van der Waals surface area contributed by atoms with Crippen LogP contribution in [0.25, 0.3) is 11.1 Å². The molecule has 1 N–H and O–H groups in total. The predicted molar refractivity (Wildman–Crippen MR) is 77.3 cm³/mol. The van der Waals surface area contributed by atoms with E-state index in [0.29, 0.717) is 6.01 Å². The maximum Gasteiger partial charge on any atom is 0.295 e. The van der Waals surface area contributed by atoms with Gasteiger partial charge in [-0.1, -0.05) is 19.1 Å². The molecule has 19 heavy (non-hydrogen) atoms. The summed E-state index contributed by atoms with van der Waals surface area (Å²) in [5, 5.41) is 3.34. The van der Waals surface area contributed by atoms with Gasteiger partial charge >= 0.3 is 0 Å². The lowest BCUT2D eigenvalue weighted by Gasteiger charge is -2.30. The Kier molecular flexibility index (Phi) is 3.69. The number of nitrogens with one attached hydrogen (secondary N) is 1. The van der Waals surface area contributed by atoms with E-state index in [9.17, 15) is 0 Å². The zero-order chi connectivity index (χ0) is 13.1. The van der Waals surface area contributed by atoms with Crippen molar-refractivity contribution < 1.29 is 4.42 Å². The zero-order valence-corrected chi connectivity index (χ0v) is 11.4. The number of piperidine rings is 1. The molecule has 0 saturated carbocycles. The lowest BCUT2D eigenvalue weighted by atomic mass is 9.97. The lowest BCUT2D eigenvalue weighted by Crippen LogP contribution is -2.35. The van der Waals surface area contributed by atoms with E-state index in [0.717, 1.165) is 23.6 Å². The summed E-state index contributed by atoms with van der Waals surface area (Å²) in [6.07, 6.45) is 2.53. The van der Waals surface area contributed by atoms with Crippen molar-refractivity contribution >= 4 is 17.1 Å². The quantitative estimate of drug-likeness (QED) is 0.916. The Labute approximate surface area is 113 Å². The number of likely N-dealkylation sites (tertiary alicyclic amines) is 1. The number of fused-ring (bicyclic) bond motifs is 1. The van der Waals surface area contributed by atoms with Crippen molar-refractivity contribution in [3.63, 3.8) is 0 Å². The number of para-hydroxylation sites is 2. The average molecular weight is 259 g/mol. The maximum atomic E-state index is 5.67. The molecule has 1 saturated heterocycles. The van der Waals surface area contributed by atoms with Crippen molar-refractivity contribution in [2.24, 2.45) is 5.92 Å². The Morgan fingerprint density at radius 3 is 2.84 bits per heavy atom. The van der Waals surface area contributed by atoms with E-state index in [1.54, 1.807) is 0 Å². The van der Waals surface area contributed by atoms with Gasteiger partial charge in [0.1, 0.15) is 5.52 Å². The van der Waals surface area contributed by atoms with Crippen molar-refractivity contribution in [1.82, 2.24) is 9.88 Å². The highest BCUT2D eigenvalue weighted by atomic mass is 16.4. The number of benzene rings is 1. The summed E-state index contributed by atoms with van der Waals surface area (Å²) in [7, 11) is 0. The number of aromatic nitrogens is 1. The van der Waals surface area contributed by atoms with Gasteiger partial charge in [0.25, 0.3) is 6.01 Å². The molecule has 1 fully saturated rings. The van der Waals surface area contributed by atoms with E-state index in [-0.39, 0.29) is 0 Å². The van der Waals surface area contributed by atoms with Crippen LogP contribution >= 0.6 is 0 Å². The van der Waals surface area contributed by atoms with Crippen molar-refractivity contribution in [2.75, 3.05) is 31.5 Å². The second-order valence-corrected chi connectivity index (χ2v) is 5.25. The van der Waals surface area contributed by atoms with Gasteiger partial charge in [0, 0.05) is 6.54 Å². The molecule has 0 unspecified atom stereocenters. The van der Waals surface area contributed by atoms with Gasteiger partial charge in [-0.15, -0.1) is 0 Å². The second-order valence-electron chi connectivity index (χ2n) is 5.25. The summed E-state index contributed by atoms with van der Waals surface area (Å²) < 4.78 is 5.67. The first kappa shape index (κ1) is 12.5. The molecule has 0 bridgehead atoms. The van der Waals surface area contributed by atoms with E-state index in [2.05, 4.69) is 22.1 Å². The Balaban J connectivity index is 1.55. The molecule has 0 amide bonds. The Morgan fingerprint density at radius 1 is 1.32 bits per heavy atom. The van der Waals surface area contributed by atoms with E-state index in [1.165, 1.54) is 32.5 Å². The van der Waals surface area contributed by atoms with E-state index < -0.39 is 0 Å². The fourth-order valence-electron chi connectivity index (χ4n) is 2.69. The van der Waals surface area contributed by atoms with Gasteiger partial charge in [-0.3, -0.25) is 0 Å². The van der Waals surface area contributed by atoms with Crippen LogP contribution in [-0.4, -0.2) is 36.1 Å². The molecule has 102 valence electrons. The minimum atomic E-state index is 0.652. The fraction of sp³-hybridized carbons (Fsp3) is 0.533. The SMILES string of the molecule is CCN1CCC(CNc2nc3ccccc3o2)CC1. The van der Waals surface area contributed by atoms with Gasteiger partial charge in [-0.25, -0.2) is 0 Å². The second kappa shape index (κ2) is 5.61. The van der Waals surface area contributed by atoms with E-state index in [1.807, 2.05) is 24.3 Å². The molecule has 4 nitrogen and oxygen atoms in total. The molecule has 4 heteroatoms. The van der Waals surface area contributed by atoms with Gasteiger partial charge in [-0.05, 0) is 50.5 Å². The number of hydrogen-bond donors (Lipinski definition) is 1. The van der Waals surface area contributed by atoms with E-state index in [4.69, 9.17) is 4.42 Å². The van der Waals surface area contributed by atoms with Crippen LogP contribution in [0, 0.1) is 5.92 Å². The summed E-state index contributed by atoms with van der Waals surface area (Å²) in [6, 6.07) is 8.53. The third-order valence-electron chi connectivity index (χ3n) is 3.99. The Morgan fingerprint density at radius 2 is 2.11 bits per heavy atom. The van der Waals surface area contributed by atoms with Gasteiger partial charge in [-0.2, -0.15) is 4.98 Å². The summed E-state index contributed by atoms with van der Waals surface area (Å²) >= 11 is 0. The summed E-state index contributed by atoms with van der Waals surface area (Å²) in [5.41, 5.74) is 1.77. The fourth-order valence-corrected chi connectivity index (χ4v) is 2.69. The van der Waals surface area contributed by atoms with Crippen LogP contribution in [0.1, 0.15) is 19.8 Å². The number of oxazole rings is 1. The third-order valence-corrected chi connectivity index (χ3v) is 3.99. The van der Waals surface area contributed by atoms with Crippen molar-refractivity contribution in [2.45, 2.75) is 19.8 Å². The minimum absolute atomic E-state index is 0.652. The summed E-state index contributed by atoms with van der Waals surface area (Å²) in [4.78, 5) is 6.95. The summed E-state index contributed by atoms with van der Waals surface area (Å²) in [5.74, 6) is 0.734. The molecule has 0 aliphatic carbocycles. The topological polar surface area (TPSA) is 41.3 Å². The normalized spacial score (nSPS) is 17.9. The van der Waals surface area contributed by atoms with Crippen LogP contribution in [0.5, 0.6) is 0 Å². The van der Waals surface area contributed by atoms with Crippen LogP contribution in [0.3, 0.4) is 0 Å². The number of rotatable bonds is 4. The van der Waals surface area contributed by atoms with Gasteiger partial charge in [0.15, 0.2) is 5.58 Å². The third kappa shape index (κ3) is 2.89. The molecule has 2 heterocycles. The van der Waals surface area contributed by atoms with Crippen molar-refractivity contribution in [3.05, 3.63) is 24.3 Å². The van der Waals surface area contributed by atoms with Crippen LogP contribution in [-0.2, 0) is 0 Å². The lowest BCUT2D eigenvalue weighted by molar-refractivity contribution is 0.197. The first-order chi connectivity index (χ1) is 9.35. The van der Waals surface area contributed by atoms with Crippen LogP contribution in [0.2, 0.25) is 0 Å². The van der Waals surface area contributed by atoms with Crippen molar-refractivity contribution in [3.8, 4) is 0 Å². The van der Waals surface area contributed by atoms with Crippen LogP contribution in [0.4, 0.5) is 6.01 Å². The first-order valence-electron chi connectivity index (χ1n) is 7.17. The predicted octanol–water partition coefficient (Wildman–Crippen LogP) is 2.97. The molecule has 2 aromatic rings. The first-order valence-corrected chi connectivity index (χ1v) is 7.17. The smallest absolute Gasteiger partial charge is 0.295 e. The monoisotopic (exact) mass is 259 g/mol. The Bertz CT molecular complexity index is 496. The van der Waals surface area contributed by atoms with Gasteiger partial charge in [0.2, 0.25) is 0 Å². The molecular formula is C15H21N3O. The highest BCUT2D eigenvalue weighted by Gasteiger charge is 2.18. The minimum Gasteiger partial charge on any atom is -0.424 e. The standard InChI is InChI=1S/C15H21N3O/c1-2-18-9-7-12(8-10-18)11-16-15-17-13-5-3-4-6-14(13)19-15/h3-6,12H,2,7-11H2,1H3,(H,16,17). The molecule has 0 radical (unpaired) electrons. The number of hydrogen-bond acceptors (Lipinski definition) is 4. The number of anilines is 1. The molecule has 1 aromatic heterocycles. The number of nitrogens with zero attached hydrogens (tertiary/aromatic N) is 2. The van der Waals surface area contributed by atoms with Crippen molar-refractivity contribution in [1.29, 1.82) is 0 Å².